The molecule has 0 spiro atoms. The van der Waals surface area contributed by atoms with Crippen LogP contribution in [-0.2, 0) is 16.0 Å². The fourth-order valence-electron chi connectivity index (χ4n) is 2.67. The first kappa shape index (κ1) is 16.0. The molecule has 1 fully saturated rings. The molecule has 0 radical (unpaired) electrons. The van der Waals surface area contributed by atoms with Gasteiger partial charge >= 0.3 is 0 Å². The van der Waals surface area contributed by atoms with E-state index in [1.165, 1.54) is 11.3 Å². The largest absolute Gasteiger partial charge is 0.344 e. The molecule has 23 heavy (non-hydrogen) atoms. The van der Waals surface area contributed by atoms with E-state index >= 15 is 0 Å². The molecule has 3 rings (SSSR count). The van der Waals surface area contributed by atoms with Crippen molar-refractivity contribution in [3.05, 3.63) is 51.7 Å². The van der Waals surface area contributed by atoms with Crippen LogP contribution >= 0.6 is 22.9 Å². The molecule has 0 bridgehead atoms. The van der Waals surface area contributed by atoms with Crippen molar-refractivity contribution in [2.75, 3.05) is 11.4 Å². The molecule has 0 aliphatic carbocycles. The lowest BCUT2D eigenvalue weighted by Crippen LogP contribution is -2.41. The Morgan fingerprint density at radius 3 is 2.74 bits per heavy atom. The molecule has 1 saturated heterocycles. The molecular weight excluding hydrogens is 332 g/mol. The average molecular weight is 349 g/mol. The Morgan fingerprint density at radius 2 is 2.04 bits per heavy atom. The third-order valence-corrected chi connectivity index (χ3v) is 5.13. The number of anilines is 1. The van der Waals surface area contributed by atoms with E-state index in [0.29, 0.717) is 25.8 Å². The second-order valence-corrected chi connectivity index (χ2v) is 7.24. The molecule has 1 unspecified atom stereocenters. The highest BCUT2D eigenvalue weighted by Crippen LogP contribution is 2.23. The monoisotopic (exact) mass is 348 g/mol. The Labute approximate surface area is 144 Å². The topological polar surface area (TPSA) is 49.4 Å². The van der Waals surface area contributed by atoms with Crippen molar-refractivity contribution in [1.82, 2.24) is 5.32 Å². The molecule has 1 aromatic carbocycles. The van der Waals surface area contributed by atoms with Crippen molar-refractivity contribution in [1.29, 1.82) is 0 Å². The van der Waals surface area contributed by atoms with Gasteiger partial charge in [0, 0.05) is 23.5 Å². The predicted molar refractivity (Wildman–Crippen MR) is 93.0 cm³/mol. The summed E-state index contributed by atoms with van der Waals surface area (Å²) in [4.78, 5) is 27.3. The standard InChI is InChI=1S/C17H17ClN2O2S/c18-15-8-6-13(23-15)7-9-16(21)19-14-10-11-20(17(14)22)12-4-2-1-3-5-12/h1-6,8,14H,7,9-11H2,(H,19,21). The third kappa shape index (κ3) is 3.92. The minimum absolute atomic E-state index is 0.0382. The van der Waals surface area contributed by atoms with Crippen LogP contribution in [0.1, 0.15) is 17.7 Å². The smallest absolute Gasteiger partial charge is 0.249 e. The number of hydrogen-bond donors (Lipinski definition) is 1. The average Bonchev–Trinajstić information content (AvgIpc) is 3.13. The first-order valence-electron chi connectivity index (χ1n) is 7.53. The van der Waals surface area contributed by atoms with E-state index in [2.05, 4.69) is 5.32 Å². The zero-order valence-electron chi connectivity index (χ0n) is 12.5. The lowest BCUT2D eigenvalue weighted by molar-refractivity contribution is -0.126. The van der Waals surface area contributed by atoms with Crippen LogP contribution in [0.3, 0.4) is 0 Å². The summed E-state index contributed by atoms with van der Waals surface area (Å²) in [5.74, 6) is -0.133. The van der Waals surface area contributed by atoms with Crippen molar-refractivity contribution < 1.29 is 9.59 Å². The van der Waals surface area contributed by atoms with Gasteiger partial charge in [-0.25, -0.2) is 0 Å². The Kier molecular flexibility index (Phi) is 4.98. The number of thiophene rings is 1. The maximum atomic E-state index is 12.4. The first-order chi connectivity index (χ1) is 11.1. The number of benzene rings is 1. The molecular formula is C17H17ClN2O2S. The van der Waals surface area contributed by atoms with E-state index in [1.54, 1.807) is 4.90 Å². The van der Waals surface area contributed by atoms with Gasteiger partial charge in [0.05, 0.1) is 4.34 Å². The Bertz CT molecular complexity index is 702. The molecule has 120 valence electrons. The molecule has 6 heteroatoms. The highest BCUT2D eigenvalue weighted by atomic mass is 35.5. The number of amides is 2. The molecule has 1 aliphatic rings. The van der Waals surface area contributed by atoms with Crippen LogP contribution < -0.4 is 10.2 Å². The fraction of sp³-hybridized carbons (Fsp3) is 0.294. The van der Waals surface area contributed by atoms with Crippen LogP contribution in [0.25, 0.3) is 0 Å². The minimum Gasteiger partial charge on any atom is -0.344 e. The zero-order chi connectivity index (χ0) is 16.2. The number of rotatable bonds is 5. The molecule has 2 amide bonds. The molecule has 0 saturated carbocycles. The number of aryl methyl sites for hydroxylation is 1. The van der Waals surface area contributed by atoms with E-state index in [9.17, 15) is 9.59 Å². The number of nitrogens with zero attached hydrogens (tertiary/aromatic N) is 1. The van der Waals surface area contributed by atoms with Gasteiger partial charge in [-0.3, -0.25) is 9.59 Å². The van der Waals surface area contributed by atoms with Gasteiger partial charge in [-0.1, -0.05) is 29.8 Å². The molecule has 4 nitrogen and oxygen atoms in total. The van der Waals surface area contributed by atoms with Crippen LogP contribution in [0, 0.1) is 0 Å². The second kappa shape index (κ2) is 7.15. The lowest BCUT2D eigenvalue weighted by atomic mass is 10.2. The van der Waals surface area contributed by atoms with E-state index in [0.717, 1.165) is 14.9 Å². The molecule has 2 aromatic rings. The number of para-hydroxylation sites is 1. The van der Waals surface area contributed by atoms with E-state index in [4.69, 9.17) is 11.6 Å². The van der Waals surface area contributed by atoms with Crippen molar-refractivity contribution in [2.45, 2.75) is 25.3 Å². The van der Waals surface area contributed by atoms with Gasteiger partial charge in [0.15, 0.2) is 0 Å². The summed E-state index contributed by atoms with van der Waals surface area (Å²) in [6.07, 6.45) is 1.66. The maximum Gasteiger partial charge on any atom is 0.249 e. The summed E-state index contributed by atoms with van der Waals surface area (Å²) in [5, 5.41) is 2.85. The number of carbonyl (C=O) groups excluding carboxylic acids is 2. The molecule has 1 atom stereocenters. The molecule has 1 aliphatic heterocycles. The van der Waals surface area contributed by atoms with Crippen molar-refractivity contribution in [3.63, 3.8) is 0 Å². The van der Waals surface area contributed by atoms with Crippen LogP contribution in [0.15, 0.2) is 42.5 Å². The van der Waals surface area contributed by atoms with Crippen molar-refractivity contribution >= 4 is 40.4 Å². The van der Waals surface area contributed by atoms with Gasteiger partial charge in [0.2, 0.25) is 11.8 Å². The van der Waals surface area contributed by atoms with Crippen molar-refractivity contribution in [2.24, 2.45) is 0 Å². The third-order valence-electron chi connectivity index (χ3n) is 3.84. The Balaban J connectivity index is 1.52. The molecule has 2 heterocycles. The number of halogens is 1. The summed E-state index contributed by atoms with van der Waals surface area (Å²) >= 11 is 7.36. The minimum atomic E-state index is -0.422. The van der Waals surface area contributed by atoms with Crippen molar-refractivity contribution in [3.8, 4) is 0 Å². The molecule has 1 N–H and O–H groups in total. The maximum absolute atomic E-state index is 12.4. The van der Waals surface area contributed by atoms with Crippen LogP contribution in [0.5, 0.6) is 0 Å². The normalized spacial score (nSPS) is 17.5. The van der Waals surface area contributed by atoms with Gasteiger partial charge in [-0.05, 0) is 37.1 Å². The Morgan fingerprint density at radius 1 is 1.26 bits per heavy atom. The number of carbonyl (C=O) groups is 2. The van der Waals surface area contributed by atoms with Gasteiger partial charge in [-0.15, -0.1) is 11.3 Å². The van der Waals surface area contributed by atoms with E-state index in [1.807, 2.05) is 42.5 Å². The zero-order valence-corrected chi connectivity index (χ0v) is 14.1. The number of nitrogens with one attached hydrogen (secondary N) is 1. The second-order valence-electron chi connectivity index (χ2n) is 5.44. The number of hydrogen-bond acceptors (Lipinski definition) is 3. The van der Waals surface area contributed by atoms with Gasteiger partial charge in [0.1, 0.15) is 6.04 Å². The molecule has 1 aromatic heterocycles. The summed E-state index contributed by atoms with van der Waals surface area (Å²) < 4.78 is 0.727. The highest BCUT2D eigenvalue weighted by Gasteiger charge is 2.33. The summed E-state index contributed by atoms with van der Waals surface area (Å²) in [6, 6.07) is 12.9. The summed E-state index contributed by atoms with van der Waals surface area (Å²) in [6.45, 7) is 0.633. The summed E-state index contributed by atoms with van der Waals surface area (Å²) in [7, 11) is 0. The van der Waals surface area contributed by atoms with Gasteiger partial charge in [-0.2, -0.15) is 0 Å². The highest BCUT2D eigenvalue weighted by molar-refractivity contribution is 7.16. The van der Waals surface area contributed by atoms with E-state index in [-0.39, 0.29) is 11.8 Å². The predicted octanol–water partition coefficient (Wildman–Crippen LogP) is 3.26. The fourth-order valence-corrected chi connectivity index (χ4v) is 3.75. The quantitative estimate of drug-likeness (QED) is 0.901. The van der Waals surface area contributed by atoms with Crippen LogP contribution in [0.4, 0.5) is 5.69 Å². The SMILES string of the molecule is O=C(CCc1ccc(Cl)s1)NC1CCN(c2ccccc2)C1=O. The van der Waals surface area contributed by atoms with E-state index < -0.39 is 6.04 Å². The first-order valence-corrected chi connectivity index (χ1v) is 8.73. The Hall–Kier alpha value is -1.85. The van der Waals surface area contributed by atoms with Crippen LogP contribution in [-0.4, -0.2) is 24.4 Å². The van der Waals surface area contributed by atoms with Crippen LogP contribution in [0.2, 0.25) is 4.34 Å². The van der Waals surface area contributed by atoms with Gasteiger partial charge in [0.25, 0.3) is 0 Å². The summed E-state index contributed by atoms with van der Waals surface area (Å²) in [5.41, 5.74) is 0.877. The lowest BCUT2D eigenvalue weighted by Gasteiger charge is -2.17. The van der Waals surface area contributed by atoms with Gasteiger partial charge < -0.3 is 10.2 Å².